The highest BCUT2D eigenvalue weighted by Gasteiger charge is 2.23. The molecule has 0 saturated carbocycles. The minimum Gasteiger partial charge on any atom is -0.364 e. The molecule has 1 aromatic carbocycles. The summed E-state index contributed by atoms with van der Waals surface area (Å²) in [7, 11) is 0. The maximum Gasteiger partial charge on any atom is 0.242 e. The molecule has 7 nitrogen and oxygen atoms in total. The standard InChI is InChI=1S/C27H34N6O/c1-6-10-23(33-14-13-32(8-3)26(34)18-33)15-25-24(7-2)20(5)30-31-27(25)29-17-22-12-9-11-21(16-28)19(22)4/h7,9-12,15H,6,8,13-14,17-18H2,1-5H3,(H,29,31)/b23-10-,24-7-,25-15+. The molecule has 0 unspecified atom stereocenters. The van der Waals surface area contributed by atoms with Crippen molar-refractivity contribution in [3.05, 3.63) is 62.8 Å². The minimum atomic E-state index is 0.154. The van der Waals surface area contributed by atoms with E-state index in [0.29, 0.717) is 24.5 Å². The van der Waals surface area contributed by atoms with Crippen LogP contribution in [-0.4, -0.2) is 52.1 Å². The van der Waals surface area contributed by atoms with Gasteiger partial charge in [0.05, 0.1) is 23.9 Å². The van der Waals surface area contributed by atoms with E-state index in [2.05, 4.69) is 45.6 Å². The van der Waals surface area contributed by atoms with Crippen LogP contribution >= 0.6 is 0 Å². The van der Waals surface area contributed by atoms with E-state index in [0.717, 1.165) is 59.0 Å². The number of aromatic nitrogens is 2. The van der Waals surface area contributed by atoms with Gasteiger partial charge in [0.15, 0.2) is 5.82 Å². The van der Waals surface area contributed by atoms with Crippen LogP contribution in [0, 0.1) is 25.2 Å². The fraction of sp³-hybridized carbons (Fsp3) is 0.407. The van der Waals surface area contributed by atoms with Gasteiger partial charge in [-0.2, -0.15) is 10.4 Å². The molecule has 0 atom stereocenters. The van der Waals surface area contributed by atoms with Crippen molar-refractivity contribution in [2.24, 2.45) is 0 Å². The third-order valence-electron chi connectivity index (χ3n) is 6.31. The van der Waals surface area contributed by atoms with Crippen LogP contribution in [0.25, 0.3) is 12.2 Å². The number of nitrogens with zero attached hydrogens (tertiary/aromatic N) is 5. The van der Waals surface area contributed by atoms with Crippen molar-refractivity contribution in [3.8, 4) is 6.07 Å². The molecule has 0 radical (unpaired) electrons. The van der Waals surface area contributed by atoms with Gasteiger partial charge in [0.2, 0.25) is 5.91 Å². The summed E-state index contributed by atoms with van der Waals surface area (Å²) in [5, 5.41) is 23.6. The summed E-state index contributed by atoms with van der Waals surface area (Å²) in [6, 6.07) is 7.99. The Hall–Kier alpha value is -3.66. The van der Waals surface area contributed by atoms with Gasteiger partial charge in [0, 0.05) is 42.3 Å². The van der Waals surface area contributed by atoms with Crippen molar-refractivity contribution < 1.29 is 4.79 Å². The Morgan fingerprint density at radius 3 is 2.65 bits per heavy atom. The van der Waals surface area contributed by atoms with Crippen molar-refractivity contribution in [2.75, 3.05) is 31.5 Å². The van der Waals surface area contributed by atoms with Gasteiger partial charge in [-0.1, -0.05) is 31.2 Å². The zero-order valence-corrected chi connectivity index (χ0v) is 20.9. The van der Waals surface area contributed by atoms with Crippen LogP contribution in [0.3, 0.4) is 0 Å². The van der Waals surface area contributed by atoms with Crippen LogP contribution in [0.2, 0.25) is 0 Å². The molecule has 1 saturated heterocycles. The van der Waals surface area contributed by atoms with Crippen LogP contribution in [0.1, 0.15) is 49.6 Å². The molecular formula is C27H34N6O. The summed E-state index contributed by atoms with van der Waals surface area (Å²) in [6.45, 7) is 13.2. The second-order valence-corrected chi connectivity index (χ2v) is 8.38. The highest BCUT2D eigenvalue weighted by atomic mass is 16.2. The lowest BCUT2D eigenvalue weighted by Gasteiger charge is -2.35. The number of benzene rings is 1. The summed E-state index contributed by atoms with van der Waals surface area (Å²) in [5.74, 6) is 0.836. The van der Waals surface area contributed by atoms with Crippen molar-refractivity contribution in [1.82, 2.24) is 20.0 Å². The Morgan fingerprint density at radius 2 is 2.00 bits per heavy atom. The number of hydrogen-bond donors (Lipinski definition) is 1. The van der Waals surface area contributed by atoms with Gasteiger partial charge in [-0.3, -0.25) is 4.79 Å². The average Bonchev–Trinajstić information content (AvgIpc) is 2.84. The van der Waals surface area contributed by atoms with Gasteiger partial charge < -0.3 is 15.1 Å². The molecule has 2 heterocycles. The molecule has 1 N–H and O–H groups in total. The van der Waals surface area contributed by atoms with Gasteiger partial charge in [-0.05, 0) is 57.4 Å². The number of carbonyl (C=O) groups excluding carboxylic acids is 1. The first-order chi connectivity index (χ1) is 16.4. The smallest absolute Gasteiger partial charge is 0.242 e. The molecule has 0 spiro atoms. The van der Waals surface area contributed by atoms with E-state index in [9.17, 15) is 10.1 Å². The van der Waals surface area contributed by atoms with Gasteiger partial charge in [0.25, 0.3) is 0 Å². The van der Waals surface area contributed by atoms with Crippen molar-refractivity contribution in [1.29, 1.82) is 5.26 Å². The van der Waals surface area contributed by atoms with Crippen molar-refractivity contribution in [3.63, 3.8) is 0 Å². The number of amides is 1. The lowest BCUT2D eigenvalue weighted by atomic mass is 10.0. The zero-order chi connectivity index (χ0) is 24.7. The van der Waals surface area contributed by atoms with E-state index in [4.69, 9.17) is 0 Å². The van der Waals surface area contributed by atoms with Gasteiger partial charge in [-0.25, -0.2) is 0 Å². The molecule has 1 aliphatic rings. The second-order valence-electron chi connectivity index (χ2n) is 8.38. The fourth-order valence-corrected chi connectivity index (χ4v) is 4.27. The number of carbonyl (C=O) groups is 1. The monoisotopic (exact) mass is 458 g/mol. The van der Waals surface area contributed by atoms with Gasteiger partial charge >= 0.3 is 0 Å². The van der Waals surface area contributed by atoms with E-state index in [1.165, 1.54) is 0 Å². The highest BCUT2D eigenvalue weighted by molar-refractivity contribution is 5.79. The topological polar surface area (TPSA) is 85.2 Å². The molecule has 178 valence electrons. The quantitative estimate of drug-likeness (QED) is 0.687. The maximum absolute atomic E-state index is 12.6. The Morgan fingerprint density at radius 1 is 1.21 bits per heavy atom. The van der Waals surface area contributed by atoms with Gasteiger partial charge in [0.1, 0.15) is 0 Å². The van der Waals surface area contributed by atoms with Crippen molar-refractivity contribution >= 4 is 23.9 Å². The van der Waals surface area contributed by atoms with Gasteiger partial charge in [-0.15, -0.1) is 5.10 Å². The predicted octanol–water partition coefficient (Wildman–Crippen LogP) is 2.62. The lowest BCUT2D eigenvalue weighted by Crippen LogP contribution is -2.49. The Labute approximate surface area is 202 Å². The zero-order valence-electron chi connectivity index (χ0n) is 20.9. The molecule has 1 aliphatic heterocycles. The fourth-order valence-electron chi connectivity index (χ4n) is 4.27. The first-order valence-corrected chi connectivity index (χ1v) is 11.9. The van der Waals surface area contributed by atoms with E-state index in [-0.39, 0.29) is 5.91 Å². The first-order valence-electron chi connectivity index (χ1n) is 11.9. The Balaban J connectivity index is 2.02. The summed E-state index contributed by atoms with van der Waals surface area (Å²) in [5.41, 5.74) is 4.55. The SMILES string of the molecule is C/C=c1/c(C)nnc(NCc2cccc(C#N)c2C)/c1=C/C(=C/CC)N1CCN(CC)C(=O)C1. The number of rotatable bonds is 7. The number of anilines is 1. The Kier molecular flexibility index (Phi) is 8.42. The number of hydrogen-bond acceptors (Lipinski definition) is 6. The van der Waals surface area contributed by atoms with E-state index < -0.39 is 0 Å². The Bertz CT molecular complexity index is 1240. The van der Waals surface area contributed by atoms with E-state index in [1.54, 1.807) is 0 Å². The van der Waals surface area contributed by atoms with Crippen LogP contribution < -0.4 is 15.8 Å². The molecule has 2 aromatic rings. The highest BCUT2D eigenvalue weighted by Crippen LogP contribution is 2.15. The normalized spacial score (nSPS) is 15.6. The summed E-state index contributed by atoms with van der Waals surface area (Å²) < 4.78 is 0. The van der Waals surface area contributed by atoms with Crippen LogP contribution in [-0.2, 0) is 11.3 Å². The number of allylic oxidation sites excluding steroid dienone is 2. The number of aryl methyl sites for hydroxylation is 1. The van der Waals surface area contributed by atoms with Crippen LogP contribution in [0.15, 0.2) is 30.0 Å². The minimum absolute atomic E-state index is 0.154. The van der Waals surface area contributed by atoms with Crippen molar-refractivity contribution in [2.45, 2.75) is 47.6 Å². The molecular weight excluding hydrogens is 424 g/mol. The van der Waals surface area contributed by atoms with Crippen LogP contribution in [0.4, 0.5) is 5.82 Å². The largest absolute Gasteiger partial charge is 0.364 e. The molecule has 1 aromatic heterocycles. The number of nitrogens with one attached hydrogen (secondary N) is 1. The van der Waals surface area contributed by atoms with Crippen LogP contribution in [0.5, 0.6) is 0 Å². The second kappa shape index (κ2) is 11.5. The molecule has 34 heavy (non-hydrogen) atoms. The predicted molar refractivity (Wildman–Crippen MR) is 136 cm³/mol. The summed E-state index contributed by atoms with van der Waals surface area (Å²) in [6.07, 6.45) is 7.19. The first kappa shape index (κ1) is 25.0. The number of piperazine rings is 1. The molecule has 1 fully saturated rings. The summed E-state index contributed by atoms with van der Waals surface area (Å²) >= 11 is 0. The lowest BCUT2D eigenvalue weighted by molar-refractivity contribution is -0.134. The average molecular weight is 459 g/mol. The third kappa shape index (κ3) is 5.45. The molecule has 0 bridgehead atoms. The molecule has 0 aliphatic carbocycles. The summed E-state index contributed by atoms with van der Waals surface area (Å²) in [4.78, 5) is 16.6. The molecule has 7 heteroatoms. The third-order valence-corrected chi connectivity index (χ3v) is 6.31. The van der Waals surface area contributed by atoms with E-state index in [1.807, 2.05) is 56.9 Å². The molecule has 3 rings (SSSR count). The number of likely N-dealkylation sites (N-methyl/N-ethyl adjacent to an activating group) is 1. The molecule has 1 amide bonds. The van der Waals surface area contributed by atoms with E-state index >= 15 is 0 Å². The maximum atomic E-state index is 12.6. The number of nitriles is 1.